The minimum Gasteiger partial charge on any atom is -0.462 e. The first kappa shape index (κ1) is 68.1. The van der Waals surface area contributed by atoms with Gasteiger partial charge in [-0.25, -0.2) is 0 Å². The maximum Gasteiger partial charge on any atom is 0.306 e. The number of carbonyl (C=O) groups is 2. The predicted molar refractivity (Wildman–Crippen MR) is 289 cm³/mol. The highest BCUT2D eigenvalue weighted by atomic mass is 16.7. The molecule has 0 spiro atoms. The molecule has 0 radical (unpaired) electrons. The highest BCUT2D eigenvalue weighted by Gasteiger charge is 2.47. The molecule has 0 aliphatic carbocycles. The van der Waals surface area contributed by atoms with Crippen molar-refractivity contribution in [2.45, 2.75) is 313 Å². The minimum absolute atomic E-state index is 0.120. The third kappa shape index (κ3) is 32.7. The number of carbonyl (C=O) groups excluding carboxylic acids is 2. The summed E-state index contributed by atoms with van der Waals surface area (Å²) in [5.41, 5.74) is 0. The molecule has 2 aliphatic rings. The predicted octanol–water partition coefficient (Wildman–Crippen LogP) is 10.3. The molecule has 15 heteroatoms. The smallest absolute Gasteiger partial charge is 0.306 e. The molecule has 4 unspecified atom stereocenters. The Morgan fingerprint density at radius 3 is 1.24 bits per heavy atom. The molecule has 15 nitrogen and oxygen atoms in total. The lowest BCUT2D eigenvalue weighted by Gasteiger charge is -2.42. The molecule has 2 fully saturated rings. The monoisotopic (exact) mass is 1060 g/mol. The van der Waals surface area contributed by atoms with Crippen molar-refractivity contribution in [2.75, 3.05) is 26.4 Å². The number of aliphatic hydroxyl groups is 7. The van der Waals surface area contributed by atoms with Gasteiger partial charge in [-0.05, 0) is 57.8 Å². The fourth-order valence-corrected chi connectivity index (χ4v) is 9.51. The zero-order valence-corrected chi connectivity index (χ0v) is 46.3. The van der Waals surface area contributed by atoms with Gasteiger partial charge in [-0.1, -0.05) is 199 Å². The average Bonchev–Trinajstić information content (AvgIpc) is 3.39. The maximum absolute atomic E-state index is 13.1. The van der Waals surface area contributed by atoms with Gasteiger partial charge >= 0.3 is 11.9 Å². The number of rotatable bonds is 48. The second-order valence-corrected chi connectivity index (χ2v) is 21.2. The van der Waals surface area contributed by atoms with Crippen LogP contribution in [0.25, 0.3) is 0 Å². The SMILES string of the molecule is CCCCCC/C=C/CCCCCCCCCC(=O)OC[C@H](CO[C@H]1O[C@@H](CO[C@H]2O[C@@H](CO)[C@@H](O)C(O)C2O)[C@@H](O)C(O)C1O)OC(=O)CCC/C=C/CCCCCCCCCCCCCCCCCCCC. The Kier molecular flexibility index (Phi) is 42.3. The molecule has 2 saturated heterocycles. The van der Waals surface area contributed by atoms with E-state index in [1.165, 1.54) is 161 Å². The van der Waals surface area contributed by atoms with Crippen LogP contribution in [-0.2, 0) is 38.0 Å². The minimum atomic E-state index is -1.77. The molecule has 2 rings (SSSR count). The lowest BCUT2D eigenvalue weighted by molar-refractivity contribution is -0.332. The Morgan fingerprint density at radius 1 is 0.419 bits per heavy atom. The van der Waals surface area contributed by atoms with E-state index >= 15 is 0 Å². The third-order valence-electron chi connectivity index (χ3n) is 14.4. The molecule has 434 valence electrons. The number of ether oxygens (including phenoxy) is 6. The fourth-order valence-electron chi connectivity index (χ4n) is 9.51. The van der Waals surface area contributed by atoms with E-state index in [-0.39, 0.29) is 19.4 Å². The molecule has 0 aromatic heterocycles. The van der Waals surface area contributed by atoms with Crippen LogP contribution >= 0.6 is 0 Å². The fraction of sp³-hybridized carbons (Fsp3) is 0.898. The molecular weight excluding hydrogens is 949 g/mol. The highest BCUT2D eigenvalue weighted by Crippen LogP contribution is 2.27. The molecule has 7 N–H and O–H groups in total. The first-order chi connectivity index (χ1) is 36.0. The van der Waals surface area contributed by atoms with Crippen molar-refractivity contribution in [3.05, 3.63) is 24.3 Å². The summed E-state index contributed by atoms with van der Waals surface area (Å²) in [6, 6.07) is 0. The molecule has 0 saturated carbocycles. The average molecular weight is 1060 g/mol. The van der Waals surface area contributed by atoms with E-state index in [4.69, 9.17) is 28.4 Å². The molecule has 2 heterocycles. The Bertz CT molecular complexity index is 1380. The van der Waals surface area contributed by atoms with E-state index < -0.39 is 99.3 Å². The van der Waals surface area contributed by atoms with Gasteiger partial charge in [0.25, 0.3) is 0 Å². The topological polar surface area (TPSA) is 231 Å². The van der Waals surface area contributed by atoms with Crippen LogP contribution in [-0.4, -0.2) is 142 Å². The first-order valence-corrected chi connectivity index (χ1v) is 29.9. The van der Waals surface area contributed by atoms with E-state index in [0.29, 0.717) is 19.3 Å². The van der Waals surface area contributed by atoms with Crippen molar-refractivity contribution in [3.8, 4) is 0 Å². The Morgan fingerprint density at radius 2 is 0.784 bits per heavy atom. The summed E-state index contributed by atoms with van der Waals surface area (Å²) in [5.74, 6) is -0.957. The zero-order chi connectivity index (χ0) is 53.9. The van der Waals surface area contributed by atoms with E-state index in [0.717, 1.165) is 38.5 Å². The first-order valence-electron chi connectivity index (χ1n) is 29.9. The molecule has 74 heavy (non-hydrogen) atoms. The van der Waals surface area contributed by atoms with Gasteiger partial charge in [-0.2, -0.15) is 0 Å². The molecule has 11 atom stereocenters. The van der Waals surface area contributed by atoms with Gasteiger partial charge in [-0.15, -0.1) is 0 Å². The number of aliphatic hydroxyl groups excluding tert-OH is 7. The number of allylic oxidation sites excluding steroid dienone is 4. The number of unbranched alkanes of at least 4 members (excludes halogenated alkanes) is 30. The summed E-state index contributed by atoms with van der Waals surface area (Å²) >= 11 is 0. The van der Waals surface area contributed by atoms with Gasteiger partial charge < -0.3 is 64.2 Å². The van der Waals surface area contributed by atoms with Crippen molar-refractivity contribution in [2.24, 2.45) is 0 Å². The number of hydrogen-bond donors (Lipinski definition) is 7. The second kappa shape index (κ2) is 45.9. The van der Waals surface area contributed by atoms with Crippen LogP contribution in [0.15, 0.2) is 24.3 Å². The van der Waals surface area contributed by atoms with Gasteiger partial charge in [0.05, 0.1) is 19.8 Å². The van der Waals surface area contributed by atoms with Crippen molar-refractivity contribution < 1.29 is 73.8 Å². The van der Waals surface area contributed by atoms with Gasteiger partial charge in [0.1, 0.15) is 55.4 Å². The van der Waals surface area contributed by atoms with Crippen LogP contribution in [0.2, 0.25) is 0 Å². The van der Waals surface area contributed by atoms with E-state index in [9.17, 15) is 45.3 Å². The zero-order valence-electron chi connectivity index (χ0n) is 46.3. The third-order valence-corrected chi connectivity index (χ3v) is 14.4. The van der Waals surface area contributed by atoms with Crippen LogP contribution in [0.1, 0.15) is 245 Å². The molecule has 0 bridgehead atoms. The summed E-state index contributed by atoms with van der Waals surface area (Å²) < 4.78 is 33.7. The van der Waals surface area contributed by atoms with Crippen molar-refractivity contribution >= 4 is 11.9 Å². The van der Waals surface area contributed by atoms with E-state index in [1.807, 2.05) is 0 Å². The molecule has 0 aromatic carbocycles. The van der Waals surface area contributed by atoms with Crippen LogP contribution in [0.3, 0.4) is 0 Å². The van der Waals surface area contributed by atoms with Gasteiger partial charge in [0, 0.05) is 12.8 Å². The maximum atomic E-state index is 13.1. The van der Waals surface area contributed by atoms with Gasteiger partial charge in [0.15, 0.2) is 18.7 Å². The summed E-state index contributed by atoms with van der Waals surface area (Å²) in [7, 11) is 0. The van der Waals surface area contributed by atoms with Crippen molar-refractivity contribution in [1.82, 2.24) is 0 Å². The largest absolute Gasteiger partial charge is 0.462 e. The lowest BCUT2D eigenvalue weighted by Crippen LogP contribution is -2.61. The van der Waals surface area contributed by atoms with Gasteiger partial charge in [-0.3, -0.25) is 9.59 Å². The quantitative estimate of drug-likeness (QED) is 0.0171. The second-order valence-electron chi connectivity index (χ2n) is 21.2. The van der Waals surface area contributed by atoms with Crippen LogP contribution in [0.4, 0.5) is 0 Å². The Labute approximate surface area is 447 Å². The standard InChI is InChI=1S/C59H108O15/c1-3-5-7-9-11-13-15-17-19-20-21-22-23-24-25-26-28-30-32-34-36-38-40-42-51(62)72-47(44-69-50(61)41-39-37-35-33-31-29-27-18-16-14-12-10-8-6-4-2)45-70-58-57(68)55(66)53(64)49(74-58)46-71-59-56(67)54(65)52(63)48(43-60)73-59/h14,16,34,36,47-49,52-60,63-68H,3-13,15,17-33,35,37-46H2,1-2H3/b16-14+,36-34+/t47-,48+,49+,52-,53-,54?,55?,56?,57?,58+,59+/m1/s1. The molecule has 2 aliphatic heterocycles. The van der Waals surface area contributed by atoms with Crippen LogP contribution in [0.5, 0.6) is 0 Å². The summed E-state index contributed by atoms with van der Waals surface area (Å²) in [6.45, 7) is 2.59. The van der Waals surface area contributed by atoms with Crippen LogP contribution < -0.4 is 0 Å². The van der Waals surface area contributed by atoms with Crippen LogP contribution in [0, 0.1) is 0 Å². The molecule has 0 amide bonds. The highest BCUT2D eigenvalue weighted by molar-refractivity contribution is 5.70. The Hall–Kier alpha value is -2.02. The molecule has 0 aromatic rings. The molecular formula is C59H108O15. The van der Waals surface area contributed by atoms with E-state index in [2.05, 4.69) is 38.2 Å². The van der Waals surface area contributed by atoms with E-state index in [1.54, 1.807) is 0 Å². The summed E-state index contributed by atoms with van der Waals surface area (Å²) in [6.07, 6.45) is 33.6. The van der Waals surface area contributed by atoms with Crippen molar-refractivity contribution in [3.63, 3.8) is 0 Å². The normalized spacial score (nSPS) is 24.8. The Balaban J connectivity index is 1.74. The summed E-state index contributed by atoms with van der Waals surface area (Å²) in [5, 5.41) is 72.3. The number of hydrogen-bond acceptors (Lipinski definition) is 15. The van der Waals surface area contributed by atoms with Gasteiger partial charge in [0.2, 0.25) is 0 Å². The lowest BCUT2D eigenvalue weighted by atomic mass is 9.98. The number of esters is 2. The van der Waals surface area contributed by atoms with Crippen molar-refractivity contribution in [1.29, 1.82) is 0 Å². The summed E-state index contributed by atoms with van der Waals surface area (Å²) in [4.78, 5) is 25.9.